The van der Waals surface area contributed by atoms with Gasteiger partial charge in [0.1, 0.15) is 11.6 Å². The normalized spacial score (nSPS) is 9.88. The predicted molar refractivity (Wildman–Crippen MR) is 58.9 cm³/mol. The molecule has 0 N–H and O–H groups in total. The van der Waals surface area contributed by atoms with E-state index in [4.69, 9.17) is 5.26 Å². The van der Waals surface area contributed by atoms with Crippen molar-refractivity contribution >= 4 is 17.7 Å². The monoisotopic (exact) mass is 232 g/mol. The smallest absolute Gasteiger partial charge is 0.330 e. The Labute approximate surface area is 96.9 Å². The third-order valence-electron chi connectivity index (χ3n) is 1.95. The van der Waals surface area contributed by atoms with Crippen molar-refractivity contribution in [2.24, 2.45) is 0 Å². The maximum Gasteiger partial charge on any atom is 0.330 e. The summed E-state index contributed by atoms with van der Waals surface area (Å²) in [7, 11) is 1.23. The molecule has 0 unspecified atom stereocenters. The summed E-state index contributed by atoms with van der Waals surface area (Å²) in [5.74, 6) is -0.558. The molecule has 6 nitrogen and oxygen atoms in total. The molecular formula is C11H8N2O4. The highest BCUT2D eigenvalue weighted by Crippen LogP contribution is 2.20. The molecule has 0 aromatic heterocycles. The summed E-state index contributed by atoms with van der Waals surface area (Å²) in [4.78, 5) is 20.9. The van der Waals surface area contributed by atoms with Crippen LogP contribution in [0.1, 0.15) is 11.1 Å². The van der Waals surface area contributed by atoms with Crippen LogP contribution in [0.15, 0.2) is 24.3 Å². The predicted octanol–water partition coefficient (Wildman–Crippen LogP) is 1.65. The average molecular weight is 232 g/mol. The lowest BCUT2D eigenvalue weighted by Crippen LogP contribution is -1.94. The number of hydrogen-bond donors (Lipinski definition) is 0. The van der Waals surface area contributed by atoms with Gasteiger partial charge in [0.15, 0.2) is 0 Å². The number of carbonyl (C=O) groups is 1. The van der Waals surface area contributed by atoms with Crippen LogP contribution in [0.2, 0.25) is 0 Å². The van der Waals surface area contributed by atoms with E-state index in [1.54, 1.807) is 6.07 Å². The molecule has 0 saturated carbocycles. The van der Waals surface area contributed by atoms with Crippen molar-refractivity contribution in [3.8, 4) is 6.07 Å². The number of benzene rings is 1. The number of nitro benzene ring substituents is 1. The Kier molecular flexibility index (Phi) is 3.95. The van der Waals surface area contributed by atoms with E-state index >= 15 is 0 Å². The van der Waals surface area contributed by atoms with E-state index in [2.05, 4.69) is 4.74 Å². The molecule has 0 bridgehead atoms. The first kappa shape index (κ1) is 12.4. The minimum Gasteiger partial charge on any atom is -0.466 e. The summed E-state index contributed by atoms with van der Waals surface area (Å²) < 4.78 is 4.38. The van der Waals surface area contributed by atoms with E-state index in [0.717, 1.165) is 6.08 Å². The van der Waals surface area contributed by atoms with Crippen LogP contribution in [0.4, 0.5) is 5.69 Å². The fraction of sp³-hybridized carbons (Fsp3) is 0.0909. The zero-order valence-electron chi connectivity index (χ0n) is 8.91. The molecule has 1 rings (SSSR count). The van der Waals surface area contributed by atoms with Gasteiger partial charge in [-0.1, -0.05) is 6.07 Å². The number of carbonyl (C=O) groups excluding carboxylic acids is 1. The van der Waals surface area contributed by atoms with E-state index in [9.17, 15) is 14.9 Å². The first-order chi connectivity index (χ1) is 8.08. The number of nitrogens with zero attached hydrogens (tertiary/aromatic N) is 2. The minimum atomic E-state index is -0.645. The first-order valence-electron chi connectivity index (χ1n) is 4.53. The third-order valence-corrected chi connectivity index (χ3v) is 1.95. The number of nitriles is 1. The van der Waals surface area contributed by atoms with Gasteiger partial charge < -0.3 is 4.74 Å². The Morgan fingerprint density at radius 2 is 2.29 bits per heavy atom. The summed E-state index contributed by atoms with van der Waals surface area (Å²) in [6.07, 6.45) is 2.52. The van der Waals surface area contributed by atoms with E-state index in [-0.39, 0.29) is 11.3 Å². The third kappa shape index (κ3) is 3.14. The molecule has 0 heterocycles. The van der Waals surface area contributed by atoms with Gasteiger partial charge in [0.2, 0.25) is 0 Å². The largest absolute Gasteiger partial charge is 0.466 e. The Bertz CT molecular complexity index is 529. The van der Waals surface area contributed by atoms with Gasteiger partial charge in [-0.2, -0.15) is 5.26 Å². The van der Waals surface area contributed by atoms with Crippen molar-refractivity contribution in [3.05, 3.63) is 45.5 Å². The quantitative estimate of drug-likeness (QED) is 0.342. The Balaban J connectivity index is 3.10. The topological polar surface area (TPSA) is 93.2 Å². The van der Waals surface area contributed by atoms with Gasteiger partial charge in [0, 0.05) is 12.1 Å². The van der Waals surface area contributed by atoms with Gasteiger partial charge in [-0.3, -0.25) is 10.1 Å². The van der Waals surface area contributed by atoms with E-state index < -0.39 is 10.9 Å². The van der Waals surface area contributed by atoms with Crippen LogP contribution >= 0.6 is 0 Å². The summed E-state index contributed by atoms with van der Waals surface area (Å²) in [6.45, 7) is 0. The lowest BCUT2D eigenvalue weighted by atomic mass is 10.1. The number of esters is 1. The van der Waals surface area contributed by atoms with Crippen molar-refractivity contribution < 1.29 is 14.5 Å². The summed E-state index contributed by atoms with van der Waals surface area (Å²) in [6, 6.07) is 5.78. The van der Waals surface area contributed by atoms with Crippen LogP contribution < -0.4 is 0 Å². The first-order valence-corrected chi connectivity index (χ1v) is 4.53. The van der Waals surface area contributed by atoms with Crippen LogP contribution in [-0.4, -0.2) is 18.0 Å². The minimum absolute atomic E-state index is 0.0229. The van der Waals surface area contributed by atoms with Gasteiger partial charge >= 0.3 is 5.97 Å². The highest BCUT2D eigenvalue weighted by Gasteiger charge is 2.13. The van der Waals surface area contributed by atoms with Crippen molar-refractivity contribution in [2.45, 2.75) is 0 Å². The zero-order valence-corrected chi connectivity index (χ0v) is 8.91. The molecule has 0 aliphatic rings. The standard InChI is InChI=1S/C11H8N2O4/c1-17-11(14)5-3-8-2-4-9(7-12)10(6-8)13(15)16/h2-6H,1H3/b5-3-. The Hall–Kier alpha value is -2.68. The molecule has 0 amide bonds. The number of rotatable bonds is 3. The van der Waals surface area contributed by atoms with Crippen molar-refractivity contribution in [1.82, 2.24) is 0 Å². The van der Waals surface area contributed by atoms with Crippen LogP contribution in [0.25, 0.3) is 6.08 Å². The molecule has 0 radical (unpaired) electrons. The molecule has 6 heteroatoms. The lowest BCUT2D eigenvalue weighted by molar-refractivity contribution is -0.385. The molecule has 1 aromatic rings. The molecule has 0 spiro atoms. The summed E-state index contributed by atoms with van der Waals surface area (Å²) in [5, 5.41) is 19.3. The van der Waals surface area contributed by atoms with Gasteiger partial charge in [0.05, 0.1) is 12.0 Å². The van der Waals surface area contributed by atoms with E-state index in [1.165, 1.54) is 31.4 Å². The van der Waals surface area contributed by atoms with Crippen molar-refractivity contribution in [3.63, 3.8) is 0 Å². The highest BCUT2D eigenvalue weighted by atomic mass is 16.6. The van der Waals surface area contributed by atoms with Crippen LogP contribution in [0, 0.1) is 21.4 Å². The van der Waals surface area contributed by atoms with Gasteiger partial charge in [-0.15, -0.1) is 0 Å². The zero-order chi connectivity index (χ0) is 12.8. The molecular weight excluding hydrogens is 224 g/mol. The number of methoxy groups -OCH3 is 1. The Morgan fingerprint density at radius 3 is 2.82 bits per heavy atom. The van der Waals surface area contributed by atoms with Crippen molar-refractivity contribution in [2.75, 3.05) is 7.11 Å². The molecule has 0 fully saturated rings. The van der Waals surface area contributed by atoms with Gasteiger partial charge in [0.25, 0.3) is 5.69 Å². The molecule has 0 aliphatic heterocycles. The van der Waals surface area contributed by atoms with Gasteiger partial charge in [-0.05, 0) is 17.7 Å². The maximum atomic E-state index is 10.8. The molecule has 17 heavy (non-hydrogen) atoms. The van der Waals surface area contributed by atoms with Gasteiger partial charge in [-0.25, -0.2) is 4.79 Å². The van der Waals surface area contributed by atoms with E-state index in [1.807, 2.05) is 0 Å². The SMILES string of the molecule is COC(=O)/C=C\c1ccc(C#N)c([N+](=O)[O-])c1. The second kappa shape index (κ2) is 5.42. The average Bonchev–Trinajstić information content (AvgIpc) is 2.35. The number of ether oxygens (including phenoxy) is 1. The number of hydrogen-bond acceptors (Lipinski definition) is 5. The fourth-order valence-corrected chi connectivity index (χ4v) is 1.13. The van der Waals surface area contributed by atoms with Crippen molar-refractivity contribution in [1.29, 1.82) is 5.26 Å². The maximum absolute atomic E-state index is 10.8. The van der Waals surface area contributed by atoms with Crippen LogP contribution in [0.3, 0.4) is 0 Å². The molecule has 1 aromatic carbocycles. The van der Waals surface area contributed by atoms with Crippen LogP contribution in [0.5, 0.6) is 0 Å². The second-order valence-electron chi connectivity index (χ2n) is 3.00. The number of nitro groups is 1. The summed E-state index contributed by atoms with van der Waals surface area (Å²) >= 11 is 0. The molecule has 0 aliphatic carbocycles. The molecule has 86 valence electrons. The fourth-order valence-electron chi connectivity index (χ4n) is 1.13. The van der Waals surface area contributed by atoms with E-state index in [0.29, 0.717) is 5.56 Å². The molecule has 0 atom stereocenters. The van der Waals surface area contributed by atoms with Crippen LogP contribution in [-0.2, 0) is 9.53 Å². The highest BCUT2D eigenvalue weighted by molar-refractivity contribution is 5.87. The lowest BCUT2D eigenvalue weighted by Gasteiger charge is -1.97. The second-order valence-corrected chi connectivity index (χ2v) is 3.00. The summed E-state index contributed by atoms with van der Waals surface area (Å²) in [5.41, 5.74) is 0.130. The Morgan fingerprint density at radius 1 is 1.59 bits per heavy atom. The molecule has 0 saturated heterocycles.